The Labute approximate surface area is 173 Å². The van der Waals surface area contributed by atoms with E-state index in [1.165, 1.54) is 0 Å². The molecule has 3 aromatic rings. The fourth-order valence-corrected chi connectivity index (χ4v) is 4.52. The molecule has 0 unspecified atom stereocenters. The smallest absolute Gasteiger partial charge is 0.257 e. The summed E-state index contributed by atoms with van der Waals surface area (Å²) in [5, 5.41) is 3.18. The Morgan fingerprint density at radius 3 is 2.66 bits per heavy atom. The number of nitrogens with zero attached hydrogens (tertiary/aromatic N) is 3. The minimum absolute atomic E-state index is 0.00650. The number of rotatable bonds is 4. The number of fused-ring (bicyclic) bond motifs is 1. The first kappa shape index (κ1) is 18.1. The number of piperazine rings is 1. The first-order chi connectivity index (χ1) is 14.3. The van der Waals surface area contributed by atoms with Crippen LogP contribution in [-0.4, -0.2) is 53.7 Å². The second-order valence-corrected chi connectivity index (χ2v) is 7.98. The van der Waals surface area contributed by atoms with Crippen molar-refractivity contribution in [1.29, 1.82) is 0 Å². The highest BCUT2D eigenvalue weighted by Crippen LogP contribution is 2.36. The lowest BCUT2D eigenvalue weighted by molar-refractivity contribution is 0.0623. The highest BCUT2D eigenvalue weighted by molar-refractivity contribution is 7.13. The van der Waals surface area contributed by atoms with E-state index in [2.05, 4.69) is 22.4 Å². The summed E-state index contributed by atoms with van der Waals surface area (Å²) in [6, 6.07) is 15.7. The van der Waals surface area contributed by atoms with E-state index >= 15 is 0 Å². The second kappa shape index (κ2) is 7.85. The topological polar surface area (TPSA) is 54.9 Å². The fraction of sp³-hybridized carbons (Fsp3) is 0.273. The van der Waals surface area contributed by atoms with Gasteiger partial charge in [0.25, 0.3) is 5.91 Å². The van der Waals surface area contributed by atoms with E-state index < -0.39 is 0 Å². The summed E-state index contributed by atoms with van der Waals surface area (Å²) in [7, 11) is 0. The standard InChI is InChI=1S/C22H21N3O3S/c26-22(18-7-4-8-19-20(18)28-15-27-19)25-11-9-24(10-12-25)13-17-14-29-21(23-17)16-5-2-1-3-6-16/h1-8,14H,9-13,15H2. The molecule has 0 radical (unpaired) electrons. The zero-order chi connectivity index (χ0) is 19.6. The zero-order valence-corrected chi connectivity index (χ0v) is 16.7. The molecule has 0 N–H and O–H groups in total. The molecule has 0 aliphatic carbocycles. The highest BCUT2D eigenvalue weighted by Gasteiger charge is 2.28. The molecule has 6 nitrogen and oxygen atoms in total. The first-order valence-corrected chi connectivity index (χ1v) is 10.6. The van der Waals surface area contributed by atoms with Crippen LogP contribution in [0, 0.1) is 0 Å². The average Bonchev–Trinajstić information content (AvgIpc) is 3.44. The molecule has 2 aliphatic rings. The lowest BCUT2D eigenvalue weighted by Crippen LogP contribution is -2.48. The molecular formula is C22H21N3O3S. The third-order valence-corrected chi connectivity index (χ3v) is 6.18. The molecule has 0 saturated carbocycles. The summed E-state index contributed by atoms with van der Waals surface area (Å²) >= 11 is 1.68. The molecule has 3 heterocycles. The van der Waals surface area contributed by atoms with Crippen molar-refractivity contribution in [3.63, 3.8) is 0 Å². The number of carbonyl (C=O) groups excluding carboxylic acids is 1. The Bertz CT molecular complexity index is 1010. The van der Waals surface area contributed by atoms with E-state index in [4.69, 9.17) is 14.5 Å². The summed E-state index contributed by atoms with van der Waals surface area (Å²) < 4.78 is 10.9. The highest BCUT2D eigenvalue weighted by atomic mass is 32.1. The Hall–Kier alpha value is -2.90. The molecule has 1 saturated heterocycles. The van der Waals surface area contributed by atoms with Gasteiger partial charge >= 0.3 is 0 Å². The monoisotopic (exact) mass is 407 g/mol. The van der Waals surface area contributed by atoms with Gasteiger partial charge in [0, 0.05) is 43.7 Å². The molecule has 5 rings (SSSR count). The minimum Gasteiger partial charge on any atom is -0.454 e. The lowest BCUT2D eigenvalue weighted by atomic mass is 10.1. The van der Waals surface area contributed by atoms with Crippen LogP contribution in [0.4, 0.5) is 0 Å². The summed E-state index contributed by atoms with van der Waals surface area (Å²) in [5.74, 6) is 1.22. The van der Waals surface area contributed by atoms with Gasteiger partial charge < -0.3 is 14.4 Å². The number of hydrogen-bond acceptors (Lipinski definition) is 6. The van der Waals surface area contributed by atoms with Crippen LogP contribution in [0.1, 0.15) is 16.1 Å². The Morgan fingerprint density at radius 2 is 1.83 bits per heavy atom. The normalized spacial score (nSPS) is 16.2. The number of amides is 1. The molecular weight excluding hydrogens is 386 g/mol. The SMILES string of the molecule is O=C(c1cccc2c1OCO2)N1CCN(Cc2csc(-c3ccccc3)n2)CC1. The van der Waals surface area contributed by atoms with Crippen molar-refractivity contribution in [2.45, 2.75) is 6.54 Å². The van der Waals surface area contributed by atoms with E-state index in [0.717, 1.165) is 35.9 Å². The van der Waals surface area contributed by atoms with Crippen LogP contribution in [0.25, 0.3) is 10.6 Å². The number of ether oxygens (including phenoxy) is 2. The van der Waals surface area contributed by atoms with Gasteiger partial charge in [-0.2, -0.15) is 0 Å². The average molecular weight is 407 g/mol. The van der Waals surface area contributed by atoms with Crippen molar-refractivity contribution in [2.24, 2.45) is 0 Å². The van der Waals surface area contributed by atoms with E-state index in [0.29, 0.717) is 30.2 Å². The van der Waals surface area contributed by atoms with Gasteiger partial charge in [-0.25, -0.2) is 4.98 Å². The predicted molar refractivity (Wildman–Crippen MR) is 111 cm³/mol. The molecule has 1 fully saturated rings. The maximum absolute atomic E-state index is 12.9. The maximum atomic E-state index is 12.9. The van der Waals surface area contributed by atoms with Crippen molar-refractivity contribution in [3.05, 3.63) is 65.2 Å². The number of hydrogen-bond donors (Lipinski definition) is 0. The number of carbonyl (C=O) groups is 1. The molecule has 29 heavy (non-hydrogen) atoms. The van der Waals surface area contributed by atoms with Crippen LogP contribution in [0.3, 0.4) is 0 Å². The van der Waals surface area contributed by atoms with Crippen molar-refractivity contribution in [1.82, 2.24) is 14.8 Å². The van der Waals surface area contributed by atoms with Crippen LogP contribution in [-0.2, 0) is 6.54 Å². The van der Waals surface area contributed by atoms with Crippen molar-refractivity contribution in [3.8, 4) is 22.1 Å². The van der Waals surface area contributed by atoms with Gasteiger partial charge in [0.1, 0.15) is 5.01 Å². The van der Waals surface area contributed by atoms with Crippen LogP contribution >= 0.6 is 11.3 Å². The van der Waals surface area contributed by atoms with Crippen molar-refractivity contribution in [2.75, 3.05) is 33.0 Å². The van der Waals surface area contributed by atoms with Crippen LogP contribution in [0.5, 0.6) is 11.5 Å². The van der Waals surface area contributed by atoms with Gasteiger partial charge in [-0.05, 0) is 12.1 Å². The minimum atomic E-state index is 0.00650. The van der Waals surface area contributed by atoms with Crippen LogP contribution in [0.2, 0.25) is 0 Å². The summed E-state index contributed by atoms with van der Waals surface area (Å²) in [6.07, 6.45) is 0. The molecule has 1 amide bonds. The van der Waals surface area contributed by atoms with E-state index in [1.807, 2.05) is 41.3 Å². The van der Waals surface area contributed by atoms with Crippen LogP contribution < -0.4 is 9.47 Å². The third-order valence-electron chi connectivity index (χ3n) is 5.24. The largest absolute Gasteiger partial charge is 0.454 e. The van der Waals surface area contributed by atoms with Crippen molar-refractivity contribution < 1.29 is 14.3 Å². The third kappa shape index (κ3) is 3.71. The first-order valence-electron chi connectivity index (χ1n) is 9.68. The molecule has 148 valence electrons. The molecule has 2 aromatic carbocycles. The summed E-state index contributed by atoms with van der Waals surface area (Å²) in [4.78, 5) is 22.0. The predicted octanol–water partition coefficient (Wildman–Crippen LogP) is 3.50. The van der Waals surface area contributed by atoms with Gasteiger partial charge in [-0.15, -0.1) is 11.3 Å². The van der Waals surface area contributed by atoms with E-state index in [1.54, 1.807) is 11.3 Å². The lowest BCUT2D eigenvalue weighted by Gasteiger charge is -2.34. The number of para-hydroxylation sites is 1. The van der Waals surface area contributed by atoms with Gasteiger partial charge in [0.2, 0.25) is 6.79 Å². The molecule has 0 bridgehead atoms. The van der Waals surface area contributed by atoms with Gasteiger partial charge in [0.15, 0.2) is 11.5 Å². The summed E-state index contributed by atoms with van der Waals surface area (Å²) in [5.41, 5.74) is 2.82. The Morgan fingerprint density at radius 1 is 1.00 bits per heavy atom. The molecule has 1 aromatic heterocycles. The van der Waals surface area contributed by atoms with E-state index in [9.17, 15) is 4.79 Å². The quantitative estimate of drug-likeness (QED) is 0.663. The number of thiazole rings is 1. The molecule has 2 aliphatic heterocycles. The molecule has 0 spiro atoms. The van der Waals surface area contributed by atoms with E-state index in [-0.39, 0.29) is 12.7 Å². The van der Waals surface area contributed by atoms with Crippen molar-refractivity contribution >= 4 is 17.2 Å². The second-order valence-electron chi connectivity index (χ2n) is 7.12. The number of benzene rings is 2. The summed E-state index contributed by atoms with van der Waals surface area (Å²) in [6.45, 7) is 4.03. The van der Waals surface area contributed by atoms with Gasteiger partial charge in [0.05, 0.1) is 11.3 Å². The zero-order valence-electron chi connectivity index (χ0n) is 15.9. The maximum Gasteiger partial charge on any atom is 0.257 e. The van der Waals surface area contributed by atoms with Crippen LogP contribution in [0.15, 0.2) is 53.9 Å². The molecule has 7 heteroatoms. The van der Waals surface area contributed by atoms with Gasteiger partial charge in [-0.3, -0.25) is 9.69 Å². The number of aromatic nitrogens is 1. The fourth-order valence-electron chi connectivity index (χ4n) is 3.70. The Kier molecular flexibility index (Phi) is 4.91. The Balaban J connectivity index is 1.20. The molecule has 0 atom stereocenters. The van der Waals surface area contributed by atoms with Gasteiger partial charge in [-0.1, -0.05) is 36.4 Å².